The highest BCUT2D eigenvalue weighted by Gasteiger charge is 2.24. The summed E-state index contributed by atoms with van der Waals surface area (Å²) < 4.78 is 36.6. The Bertz CT molecular complexity index is 913. The molecule has 3 rings (SSSR count). The molecule has 0 aliphatic carbocycles. The summed E-state index contributed by atoms with van der Waals surface area (Å²) in [6, 6.07) is 13.8. The number of carbonyl (C=O) groups is 1. The van der Waals surface area contributed by atoms with Gasteiger partial charge in [0, 0.05) is 18.3 Å². The number of rotatable bonds is 5. The Morgan fingerprint density at radius 2 is 1.92 bits per heavy atom. The highest BCUT2D eigenvalue weighted by atomic mass is 32.2. The zero-order chi connectivity index (χ0) is 18.7. The van der Waals surface area contributed by atoms with E-state index in [0.717, 1.165) is 6.26 Å². The average molecular weight is 376 g/mol. The second-order valence-electron chi connectivity index (χ2n) is 6.14. The minimum atomic E-state index is -3.40. The van der Waals surface area contributed by atoms with Crippen molar-refractivity contribution in [1.82, 2.24) is 4.90 Å². The first-order valence-electron chi connectivity index (χ1n) is 8.03. The Kier molecular flexibility index (Phi) is 5.03. The zero-order valence-corrected chi connectivity index (χ0v) is 15.3. The SMILES string of the molecule is CN(CC1COc2ccccc2O1)C(=O)c1cccc(NS(C)(=O)=O)c1. The van der Waals surface area contributed by atoms with E-state index in [2.05, 4.69) is 4.72 Å². The van der Waals surface area contributed by atoms with Crippen LogP contribution in [0.4, 0.5) is 5.69 Å². The van der Waals surface area contributed by atoms with Gasteiger partial charge < -0.3 is 14.4 Å². The number of hydrogen-bond acceptors (Lipinski definition) is 5. The maximum Gasteiger partial charge on any atom is 0.253 e. The van der Waals surface area contributed by atoms with E-state index in [1.54, 1.807) is 25.2 Å². The summed E-state index contributed by atoms with van der Waals surface area (Å²) in [5, 5.41) is 0. The summed E-state index contributed by atoms with van der Waals surface area (Å²) in [6.07, 6.45) is 0.780. The molecule has 0 aromatic heterocycles. The summed E-state index contributed by atoms with van der Waals surface area (Å²) in [5.41, 5.74) is 0.733. The van der Waals surface area contributed by atoms with E-state index in [0.29, 0.717) is 35.9 Å². The molecule has 1 unspecified atom stereocenters. The van der Waals surface area contributed by atoms with Crippen LogP contribution >= 0.6 is 0 Å². The molecule has 7 nitrogen and oxygen atoms in total. The summed E-state index contributed by atoms with van der Waals surface area (Å²) in [6.45, 7) is 0.696. The van der Waals surface area contributed by atoms with Crippen LogP contribution in [0.2, 0.25) is 0 Å². The largest absolute Gasteiger partial charge is 0.486 e. The number of anilines is 1. The van der Waals surface area contributed by atoms with Gasteiger partial charge in [0.05, 0.1) is 12.8 Å². The summed E-state index contributed by atoms with van der Waals surface area (Å²) in [5.74, 6) is 1.12. The molecule has 1 aliphatic rings. The van der Waals surface area contributed by atoms with Crippen LogP contribution < -0.4 is 14.2 Å². The number of amides is 1. The third kappa shape index (κ3) is 4.45. The number of para-hydroxylation sites is 2. The van der Waals surface area contributed by atoms with E-state index < -0.39 is 10.0 Å². The van der Waals surface area contributed by atoms with Crippen molar-refractivity contribution in [3.05, 3.63) is 54.1 Å². The lowest BCUT2D eigenvalue weighted by molar-refractivity contribution is 0.0521. The van der Waals surface area contributed by atoms with Gasteiger partial charge >= 0.3 is 0 Å². The van der Waals surface area contributed by atoms with Crippen LogP contribution in [-0.4, -0.2) is 51.8 Å². The van der Waals surface area contributed by atoms with E-state index in [1.807, 2.05) is 24.3 Å². The quantitative estimate of drug-likeness (QED) is 0.862. The molecule has 0 saturated carbocycles. The molecule has 2 aromatic carbocycles. The lowest BCUT2D eigenvalue weighted by Crippen LogP contribution is -2.41. The van der Waals surface area contributed by atoms with E-state index >= 15 is 0 Å². The van der Waals surface area contributed by atoms with Gasteiger partial charge in [0.15, 0.2) is 17.6 Å². The van der Waals surface area contributed by atoms with Gasteiger partial charge in [-0.3, -0.25) is 9.52 Å². The third-order valence-corrected chi connectivity index (χ3v) is 4.41. The summed E-state index contributed by atoms with van der Waals surface area (Å²) in [4.78, 5) is 14.2. The molecule has 1 heterocycles. The van der Waals surface area contributed by atoms with Gasteiger partial charge in [0.1, 0.15) is 6.61 Å². The molecule has 2 aromatic rings. The van der Waals surface area contributed by atoms with Crippen LogP contribution in [-0.2, 0) is 10.0 Å². The first-order valence-corrected chi connectivity index (χ1v) is 9.93. The fourth-order valence-corrected chi connectivity index (χ4v) is 3.25. The van der Waals surface area contributed by atoms with Crippen LogP contribution in [0.5, 0.6) is 11.5 Å². The van der Waals surface area contributed by atoms with Gasteiger partial charge in [0.25, 0.3) is 5.91 Å². The van der Waals surface area contributed by atoms with E-state index in [4.69, 9.17) is 9.47 Å². The molecule has 0 radical (unpaired) electrons. The van der Waals surface area contributed by atoms with Crippen molar-refractivity contribution >= 4 is 21.6 Å². The van der Waals surface area contributed by atoms with Gasteiger partial charge in [-0.2, -0.15) is 0 Å². The van der Waals surface area contributed by atoms with Crippen LogP contribution in [0.1, 0.15) is 10.4 Å². The van der Waals surface area contributed by atoms with Crippen molar-refractivity contribution in [2.75, 3.05) is 31.2 Å². The number of nitrogens with zero attached hydrogens (tertiary/aromatic N) is 1. The van der Waals surface area contributed by atoms with Crippen molar-refractivity contribution < 1.29 is 22.7 Å². The van der Waals surface area contributed by atoms with Crippen molar-refractivity contribution in [2.45, 2.75) is 6.10 Å². The number of fused-ring (bicyclic) bond motifs is 1. The topological polar surface area (TPSA) is 84.9 Å². The van der Waals surface area contributed by atoms with Gasteiger partial charge in [-0.1, -0.05) is 18.2 Å². The van der Waals surface area contributed by atoms with Gasteiger partial charge in [-0.15, -0.1) is 0 Å². The van der Waals surface area contributed by atoms with Gasteiger partial charge in [-0.05, 0) is 30.3 Å². The van der Waals surface area contributed by atoms with Crippen LogP contribution in [0, 0.1) is 0 Å². The number of likely N-dealkylation sites (N-methyl/N-ethyl adjacent to an activating group) is 1. The predicted octanol–water partition coefficient (Wildman–Crippen LogP) is 1.97. The molecule has 26 heavy (non-hydrogen) atoms. The fraction of sp³-hybridized carbons (Fsp3) is 0.278. The molecule has 1 atom stereocenters. The zero-order valence-electron chi connectivity index (χ0n) is 14.5. The maximum atomic E-state index is 12.6. The molecule has 8 heteroatoms. The number of sulfonamides is 1. The average Bonchev–Trinajstić information content (AvgIpc) is 2.59. The van der Waals surface area contributed by atoms with Crippen molar-refractivity contribution in [1.29, 1.82) is 0 Å². The standard InChI is InChI=1S/C18H20N2O5S/c1-20(11-15-12-24-16-8-3-4-9-17(16)25-15)18(21)13-6-5-7-14(10-13)19-26(2,22)23/h3-10,15,19H,11-12H2,1-2H3. The highest BCUT2D eigenvalue weighted by molar-refractivity contribution is 7.92. The number of hydrogen-bond donors (Lipinski definition) is 1. The van der Waals surface area contributed by atoms with Crippen molar-refractivity contribution in [3.8, 4) is 11.5 Å². The number of carbonyl (C=O) groups excluding carboxylic acids is 1. The van der Waals surface area contributed by atoms with E-state index in [1.165, 1.54) is 11.0 Å². The summed E-state index contributed by atoms with van der Waals surface area (Å²) >= 11 is 0. The first-order chi connectivity index (χ1) is 12.3. The smallest absolute Gasteiger partial charge is 0.253 e. The number of nitrogens with one attached hydrogen (secondary N) is 1. The maximum absolute atomic E-state index is 12.6. The predicted molar refractivity (Wildman–Crippen MR) is 98.2 cm³/mol. The van der Waals surface area contributed by atoms with Crippen molar-refractivity contribution in [2.24, 2.45) is 0 Å². The summed E-state index contributed by atoms with van der Waals surface area (Å²) in [7, 11) is -1.73. The Morgan fingerprint density at radius 1 is 1.19 bits per heavy atom. The van der Waals surface area contributed by atoms with Crippen LogP contribution in [0.15, 0.2) is 48.5 Å². The Morgan fingerprint density at radius 3 is 2.65 bits per heavy atom. The molecule has 0 fully saturated rings. The Hall–Kier alpha value is -2.74. The van der Waals surface area contributed by atoms with Gasteiger partial charge in [-0.25, -0.2) is 8.42 Å². The number of ether oxygens (including phenoxy) is 2. The van der Waals surface area contributed by atoms with Crippen molar-refractivity contribution in [3.63, 3.8) is 0 Å². The minimum Gasteiger partial charge on any atom is -0.486 e. The molecule has 1 amide bonds. The van der Waals surface area contributed by atoms with Gasteiger partial charge in [0.2, 0.25) is 10.0 Å². The second kappa shape index (κ2) is 7.25. The lowest BCUT2D eigenvalue weighted by Gasteiger charge is -2.29. The number of benzene rings is 2. The normalized spacial score (nSPS) is 16.0. The molecular weight excluding hydrogens is 356 g/mol. The molecule has 0 bridgehead atoms. The second-order valence-corrected chi connectivity index (χ2v) is 7.89. The van der Waals surface area contributed by atoms with E-state index in [9.17, 15) is 13.2 Å². The monoisotopic (exact) mass is 376 g/mol. The molecule has 1 aliphatic heterocycles. The Labute approximate surface area is 152 Å². The highest BCUT2D eigenvalue weighted by Crippen LogP contribution is 2.31. The third-order valence-electron chi connectivity index (χ3n) is 3.80. The van der Waals surface area contributed by atoms with E-state index in [-0.39, 0.29) is 12.0 Å². The molecule has 0 saturated heterocycles. The molecule has 0 spiro atoms. The lowest BCUT2D eigenvalue weighted by atomic mass is 10.1. The molecule has 1 N–H and O–H groups in total. The minimum absolute atomic E-state index is 0.232. The van der Waals surface area contributed by atoms with Crippen LogP contribution in [0.3, 0.4) is 0 Å². The van der Waals surface area contributed by atoms with Crippen LogP contribution in [0.25, 0.3) is 0 Å². The molecular formula is C18H20N2O5S. The first kappa shape index (κ1) is 18.1. The molecule has 138 valence electrons. The fourth-order valence-electron chi connectivity index (χ4n) is 2.69. The Balaban J connectivity index is 1.66.